The minimum Gasteiger partial charge on any atom is -0.497 e. The van der Waals surface area contributed by atoms with Gasteiger partial charge in [0.05, 0.1) is 7.11 Å². The monoisotopic (exact) mass is 473 g/mol. The van der Waals surface area contributed by atoms with Crippen molar-refractivity contribution in [2.24, 2.45) is 11.3 Å². The number of anilines is 1. The molecule has 2 aromatic rings. The smallest absolute Gasteiger partial charge is 0.220 e. The average molecular weight is 474 g/mol. The van der Waals surface area contributed by atoms with E-state index in [1.165, 1.54) is 11.5 Å². The summed E-state index contributed by atoms with van der Waals surface area (Å²) in [5, 5.41) is 4.09. The molecule has 0 bridgehead atoms. The van der Waals surface area contributed by atoms with E-state index >= 15 is 0 Å². The molecule has 3 rings (SSSR count). The number of benzene rings is 1. The number of amides is 1. The van der Waals surface area contributed by atoms with Gasteiger partial charge < -0.3 is 15.0 Å². The standard InChI is InChI=1S/C25H39N5O2S/c1-19(18-25(2,3)4)15-23(31)26-9-10-29-11-13-30(14-12-29)24-27-22(28-33-24)17-20-7-6-8-21(16-20)32-5/h6-8,16,19H,9-15,17-18H2,1-5H3,(H,26,31). The largest absolute Gasteiger partial charge is 0.497 e. The van der Waals surface area contributed by atoms with Gasteiger partial charge in [-0.2, -0.15) is 4.37 Å². The highest BCUT2D eigenvalue weighted by Crippen LogP contribution is 2.26. The summed E-state index contributed by atoms with van der Waals surface area (Å²) in [6.45, 7) is 14.3. The number of carbonyl (C=O) groups excluding carboxylic acids is 1. The maximum absolute atomic E-state index is 12.2. The van der Waals surface area contributed by atoms with Crippen LogP contribution in [-0.4, -0.2) is 66.5 Å². The third-order valence-corrected chi connectivity index (χ3v) is 6.66. The number of methoxy groups -OCH3 is 1. The fourth-order valence-electron chi connectivity index (χ4n) is 4.43. The molecule has 1 fully saturated rings. The Balaban J connectivity index is 1.36. The summed E-state index contributed by atoms with van der Waals surface area (Å²) in [5.74, 6) is 2.29. The van der Waals surface area contributed by atoms with Gasteiger partial charge in [-0.3, -0.25) is 9.69 Å². The average Bonchev–Trinajstić information content (AvgIpc) is 3.21. The van der Waals surface area contributed by atoms with Gasteiger partial charge in [-0.15, -0.1) is 0 Å². The first-order valence-corrected chi connectivity index (χ1v) is 12.7. The SMILES string of the molecule is COc1cccc(Cc2nsc(N3CCN(CCNC(=O)CC(C)CC(C)(C)C)CC3)n2)c1. The normalized spacial score (nSPS) is 16.0. The van der Waals surface area contributed by atoms with Gasteiger partial charge in [0.1, 0.15) is 11.6 Å². The number of carbonyl (C=O) groups is 1. The first-order chi connectivity index (χ1) is 15.7. The van der Waals surface area contributed by atoms with E-state index in [-0.39, 0.29) is 11.3 Å². The van der Waals surface area contributed by atoms with Gasteiger partial charge >= 0.3 is 0 Å². The Morgan fingerprint density at radius 1 is 1.24 bits per heavy atom. The lowest BCUT2D eigenvalue weighted by Gasteiger charge is -2.34. The first-order valence-electron chi connectivity index (χ1n) is 11.9. The van der Waals surface area contributed by atoms with Crippen LogP contribution >= 0.6 is 11.5 Å². The molecule has 0 spiro atoms. The van der Waals surface area contributed by atoms with Crippen LogP contribution in [0.15, 0.2) is 24.3 Å². The summed E-state index contributed by atoms with van der Waals surface area (Å²) in [7, 11) is 1.68. The van der Waals surface area contributed by atoms with Crippen LogP contribution < -0.4 is 15.0 Å². The van der Waals surface area contributed by atoms with E-state index in [0.717, 1.165) is 61.4 Å². The van der Waals surface area contributed by atoms with Crippen molar-refractivity contribution < 1.29 is 9.53 Å². The van der Waals surface area contributed by atoms with Gasteiger partial charge in [-0.1, -0.05) is 39.8 Å². The molecule has 0 saturated carbocycles. The lowest BCUT2D eigenvalue weighted by Crippen LogP contribution is -2.48. The number of hydrogen-bond donors (Lipinski definition) is 1. The van der Waals surface area contributed by atoms with Gasteiger partial charge in [-0.05, 0) is 35.4 Å². The summed E-state index contributed by atoms with van der Waals surface area (Å²) in [4.78, 5) is 21.7. The molecule has 1 unspecified atom stereocenters. The van der Waals surface area contributed by atoms with Crippen LogP contribution in [0.4, 0.5) is 5.13 Å². The topological polar surface area (TPSA) is 70.6 Å². The molecular weight excluding hydrogens is 434 g/mol. The van der Waals surface area contributed by atoms with Gasteiger partial charge in [0.25, 0.3) is 0 Å². The number of nitrogens with zero attached hydrogens (tertiary/aromatic N) is 4. The lowest BCUT2D eigenvalue weighted by atomic mass is 9.84. The zero-order valence-corrected chi connectivity index (χ0v) is 21.6. The van der Waals surface area contributed by atoms with Crippen LogP contribution in [-0.2, 0) is 11.2 Å². The van der Waals surface area contributed by atoms with E-state index in [9.17, 15) is 4.79 Å². The molecule has 8 heteroatoms. The minimum atomic E-state index is 0.169. The Morgan fingerprint density at radius 3 is 2.70 bits per heavy atom. The van der Waals surface area contributed by atoms with Crippen molar-refractivity contribution >= 4 is 22.6 Å². The lowest BCUT2D eigenvalue weighted by molar-refractivity contribution is -0.122. The predicted octanol–water partition coefficient (Wildman–Crippen LogP) is 3.84. The van der Waals surface area contributed by atoms with Crippen LogP contribution in [0.2, 0.25) is 0 Å². The van der Waals surface area contributed by atoms with Crippen molar-refractivity contribution in [3.8, 4) is 5.75 Å². The molecule has 1 aromatic heterocycles. The molecule has 182 valence electrons. The predicted molar refractivity (Wildman–Crippen MR) is 135 cm³/mol. The minimum absolute atomic E-state index is 0.169. The highest BCUT2D eigenvalue weighted by atomic mass is 32.1. The van der Waals surface area contributed by atoms with Crippen molar-refractivity contribution in [2.45, 2.75) is 47.0 Å². The number of ether oxygens (including phenoxy) is 1. The molecule has 1 saturated heterocycles. The third-order valence-electron chi connectivity index (χ3n) is 5.84. The van der Waals surface area contributed by atoms with Gasteiger partial charge in [0.2, 0.25) is 11.0 Å². The number of piperazine rings is 1. The molecule has 2 heterocycles. The number of aromatic nitrogens is 2. The second-order valence-corrected chi connectivity index (χ2v) is 11.0. The molecule has 1 aromatic carbocycles. The molecule has 33 heavy (non-hydrogen) atoms. The van der Waals surface area contributed by atoms with Gasteiger partial charge in [-0.25, -0.2) is 4.98 Å². The van der Waals surface area contributed by atoms with Crippen molar-refractivity contribution in [1.29, 1.82) is 0 Å². The van der Waals surface area contributed by atoms with E-state index in [0.29, 0.717) is 25.3 Å². The Hall–Kier alpha value is -2.19. The highest BCUT2D eigenvalue weighted by molar-refractivity contribution is 7.09. The van der Waals surface area contributed by atoms with E-state index in [4.69, 9.17) is 9.72 Å². The second-order valence-electron chi connectivity index (χ2n) is 10.3. The fourth-order valence-corrected chi connectivity index (χ4v) is 5.17. The number of rotatable bonds is 10. The zero-order valence-electron chi connectivity index (χ0n) is 20.8. The number of nitrogens with one attached hydrogen (secondary N) is 1. The summed E-state index contributed by atoms with van der Waals surface area (Å²) in [6.07, 6.45) is 2.39. The molecule has 7 nitrogen and oxygen atoms in total. The molecule has 1 atom stereocenters. The molecule has 0 radical (unpaired) electrons. The van der Waals surface area contributed by atoms with Crippen LogP contribution in [0.25, 0.3) is 0 Å². The molecular formula is C25H39N5O2S. The first kappa shape index (κ1) is 25.4. The van der Waals surface area contributed by atoms with Crippen LogP contribution in [0.1, 0.15) is 51.9 Å². The highest BCUT2D eigenvalue weighted by Gasteiger charge is 2.21. The van der Waals surface area contributed by atoms with Crippen molar-refractivity contribution in [3.63, 3.8) is 0 Å². The Bertz CT molecular complexity index is 887. The van der Waals surface area contributed by atoms with Crippen molar-refractivity contribution in [1.82, 2.24) is 19.6 Å². The zero-order chi connectivity index (χ0) is 23.8. The van der Waals surface area contributed by atoms with E-state index in [1.807, 2.05) is 18.2 Å². The summed E-state index contributed by atoms with van der Waals surface area (Å²) in [6, 6.07) is 8.05. The Labute approximate surface area is 202 Å². The second kappa shape index (κ2) is 11.8. The van der Waals surface area contributed by atoms with Crippen molar-refractivity contribution in [3.05, 3.63) is 35.7 Å². The molecule has 1 amide bonds. The van der Waals surface area contributed by atoms with E-state index < -0.39 is 0 Å². The summed E-state index contributed by atoms with van der Waals surface area (Å²) >= 11 is 1.48. The summed E-state index contributed by atoms with van der Waals surface area (Å²) < 4.78 is 9.87. The van der Waals surface area contributed by atoms with Crippen molar-refractivity contribution in [2.75, 3.05) is 51.3 Å². The van der Waals surface area contributed by atoms with E-state index in [1.54, 1.807) is 7.11 Å². The molecule has 1 N–H and O–H groups in total. The van der Waals surface area contributed by atoms with Crippen LogP contribution in [0.3, 0.4) is 0 Å². The van der Waals surface area contributed by atoms with E-state index in [2.05, 4.69) is 53.3 Å². The maximum Gasteiger partial charge on any atom is 0.220 e. The molecule has 1 aliphatic heterocycles. The number of hydrogen-bond acceptors (Lipinski definition) is 7. The van der Waals surface area contributed by atoms with Crippen LogP contribution in [0, 0.1) is 11.3 Å². The Kier molecular flexibility index (Phi) is 9.09. The fraction of sp³-hybridized carbons (Fsp3) is 0.640. The van der Waals surface area contributed by atoms with Gasteiger partial charge in [0.15, 0.2) is 0 Å². The summed E-state index contributed by atoms with van der Waals surface area (Å²) in [5.41, 5.74) is 1.42. The van der Waals surface area contributed by atoms with Gasteiger partial charge in [0, 0.05) is 63.6 Å². The Morgan fingerprint density at radius 2 is 2.00 bits per heavy atom. The van der Waals surface area contributed by atoms with Crippen LogP contribution in [0.5, 0.6) is 5.75 Å². The molecule has 1 aliphatic rings. The molecule has 0 aliphatic carbocycles. The third kappa shape index (κ3) is 8.59. The quantitative estimate of drug-likeness (QED) is 0.565. The maximum atomic E-state index is 12.2.